The smallest absolute Gasteiger partial charge is 0.231 e. The second kappa shape index (κ2) is 7.25. The van der Waals surface area contributed by atoms with Crippen molar-refractivity contribution in [2.24, 2.45) is 7.05 Å². The monoisotopic (exact) mass is 356 g/mol. The van der Waals surface area contributed by atoms with Crippen LogP contribution >= 0.6 is 11.3 Å². The van der Waals surface area contributed by atoms with Crippen molar-refractivity contribution in [3.63, 3.8) is 0 Å². The average molecular weight is 356 g/mol. The summed E-state index contributed by atoms with van der Waals surface area (Å²) < 4.78 is 12.6. The average Bonchev–Trinajstić information content (AvgIpc) is 3.34. The van der Waals surface area contributed by atoms with Gasteiger partial charge in [-0.2, -0.15) is 5.10 Å². The number of hydrogen-bond acceptors (Lipinski definition) is 6. The summed E-state index contributed by atoms with van der Waals surface area (Å²) in [6.07, 6.45) is 6.13. The highest BCUT2D eigenvalue weighted by Gasteiger charge is 2.15. The molecule has 1 N–H and O–H groups in total. The first-order chi connectivity index (χ1) is 12.3. The van der Waals surface area contributed by atoms with Crippen LogP contribution in [0.1, 0.15) is 17.7 Å². The fourth-order valence-corrected chi connectivity index (χ4v) is 3.60. The van der Waals surface area contributed by atoms with E-state index in [-0.39, 0.29) is 0 Å². The maximum Gasteiger partial charge on any atom is 0.231 e. The molecule has 0 amide bonds. The second-order valence-electron chi connectivity index (χ2n) is 6.01. The van der Waals surface area contributed by atoms with Crippen LogP contribution in [0.4, 0.5) is 0 Å². The number of rotatable bonds is 7. The minimum atomic E-state index is 0.296. The van der Waals surface area contributed by atoms with Crippen molar-refractivity contribution >= 4 is 11.3 Å². The van der Waals surface area contributed by atoms with Gasteiger partial charge in [0.05, 0.1) is 11.9 Å². The Labute approximate surface area is 150 Å². The summed E-state index contributed by atoms with van der Waals surface area (Å²) in [6, 6.07) is 5.96. The molecule has 4 rings (SSSR count). The highest BCUT2D eigenvalue weighted by Crippen LogP contribution is 2.36. The first kappa shape index (κ1) is 16.1. The molecule has 0 bridgehead atoms. The van der Waals surface area contributed by atoms with E-state index in [9.17, 15) is 0 Å². The van der Waals surface area contributed by atoms with Crippen LogP contribution in [0, 0.1) is 0 Å². The van der Waals surface area contributed by atoms with Crippen LogP contribution in [0.15, 0.2) is 36.0 Å². The number of aromatic nitrogens is 3. The molecule has 1 aromatic carbocycles. The molecule has 0 radical (unpaired) electrons. The Bertz CT molecular complexity index is 858. The van der Waals surface area contributed by atoms with E-state index in [1.54, 1.807) is 11.3 Å². The molecular formula is C18H20N4O2S. The largest absolute Gasteiger partial charge is 0.454 e. The van der Waals surface area contributed by atoms with Gasteiger partial charge in [-0.1, -0.05) is 0 Å². The van der Waals surface area contributed by atoms with E-state index in [0.29, 0.717) is 6.79 Å². The number of thiazole rings is 1. The van der Waals surface area contributed by atoms with Gasteiger partial charge in [0.2, 0.25) is 6.79 Å². The van der Waals surface area contributed by atoms with Crippen molar-refractivity contribution in [1.29, 1.82) is 0 Å². The minimum Gasteiger partial charge on any atom is -0.454 e. The van der Waals surface area contributed by atoms with E-state index >= 15 is 0 Å². The first-order valence-electron chi connectivity index (χ1n) is 8.30. The van der Waals surface area contributed by atoms with Crippen molar-refractivity contribution < 1.29 is 9.47 Å². The van der Waals surface area contributed by atoms with Crippen molar-refractivity contribution in [3.8, 4) is 22.1 Å². The van der Waals surface area contributed by atoms with Gasteiger partial charge in [-0.15, -0.1) is 11.3 Å². The molecule has 130 valence electrons. The predicted molar refractivity (Wildman–Crippen MR) is 96.9 cm³/mol. The normalized spacial score (nSPS) is 12.7. The van der Waals surface area contributed by atoms with Crippen LogP contribution in [0.3, 0.4) is 0 Å². The van der Waals surface area contributed by atoms with Crippen LogP contribution in [0.25, 0.3) is 10.6 Å². The van der Waals surface area contributed by atoms with E-state index in [4.69, 9.17) is 14.5 Å². The number of hydrogen-bond donors (Lipinski definition) is 1. The van der Waals surface area contributed by atoms with Gasteiger partial charge in [0.25, 0.3) is 0 Å². The molecule has 0 unspecified atom stereocenters. The van der Waals surface area contributed by atoms with E-state index in [2.05, 4.69) is 22.0 Å². The van der Waals surface area contributed by atoms with Gasteiger partial charge in [-0.25, -0.2) is 4.98 Å². The molecule has 1 aliphatic rings. The zero-order chi connectivity index (χ0) is 17.1. The van der Waals surface area contributed by atoms with Gasteiger partial charge < -0.3 is 14.8 Å². The predicted octanol–water partition coefficient (Wildman–Crippen LogP) is 2.99. The second-order valence-corrected chi connectivity index (χ2v) is 6.87. The molecule has 6 nitrogen and oxygen atoms in total. The third kappa shape index (κ3) is 3.83. The van der Waals surface area contributed by atoms with Gasteiger partial charge in [0.15, 0.2) is 11.5 Å². The van der Waals surface area contributed by atoms with Gasteiger partial charge >= 0.3 is 0 Å². The van der Waals surface area contributed by atoms with E-state index in [1.807, 2.05) is 36.1 Å². The minimum absolute atomic E-state index is 0.296. The third-order valence-electron chi connectivity index (χ3n) is 4.05. The van der Waals surface area contributed by atoms with Gasteiger partial charge in [0, 0.05) is 30.7 Å². The molecule has 0 fully saturated rings. The Balaban J connectivity index is 1.27. The molecule has 25 heavy (non-hydrogen) atoms. The number of aryl methyl sites for hydroxylation is 2. The Morgan fingerprint density at radius 2 is 2.20 bits per heavy atom. The molecule has 0 atom stereocenters. The number of fused-ring (bicyclic) bond motifs is 1. The molecule has 0 saturated heterocycles. The zero-order valence-corrected chi connectivity index (χ0v) is 14.9. The van der Waals surface area contributed by atoms with E-state index in [1.165, 1.54) is 5.56 Å². The molecule has 3 aromatic rings. The Hall–Kier alpha value is -2.38. The molecule has 7 heteroatoms. The summed E-state index contributed by atoms with van der Waals surface area (Å²) in [5, 5.41) is 10.8. The van der Waals surface area contributed by atoms with Gasteiger partial charge in [-0.3, -0.25) is 4.68 Å². The summed E-state index contributed by atoms with van der Waals surface area (Å²) in [6.45, 7) is 2.05. The van der Waals surface area contributed by atoms with Crippen LogP contribution in [0.2, 0.25) is 0 Å². The fourth-order valence-electron chi connectivity index (χ4n) is 2.79. The summed E-state index contributed by atoms with van der Waals surface area (Å²) in [5.74, 6) is 1.60. The molecule has 1 aliphatic heterocycles. The highest BCUT2D eigenvalue weighted by molar-refractivity contribution is 7.13. The molecular weight excluding hydrogens is 336 g/mol. The lowest BCUT2D eigenvalue weighted by Crippen LogP contribution is -2.15. The molecule has 0 saturated carbocycles. The van der Waals surface area contributed by atoms with Crippen molar-refractivity contribution in [2.75, 3.05) is 13.3 Å². The molecule has 2 aromatic heterocycles. The van der Waals surface area contributed by atoms with Crippen molar-refractivity contribution in [3.05, 3.63) is 47.2 Å². The lowest BCUT2D eigenvalue weighted by atomic mass is 10.2. The van der Waals surface area contributed by atoms with Gasteiger partial charge in [-0.05, 0) is 43.1 Å². The Kier molecular flexibility index (Phi) is 4.67. The number of nitrogens with one attached hydrogen (secondary N) is 1. The number of benzene rings is 1. The summed E-state index contributed by atoms with van der Waals surface area (Å²) in [5.41, 5.74) is 3.42. The molecule has 0 spiro atoms. The highest BCUT2D eigenvalue weighted by atomic mass is 32.1. The van der Waals surface area contributed by atoms with Crippen LogP contribution < -0.4 is 14.8 Å². The zero-order valence-electron chi connectivity index (χ0n) is 14.1. The summed E-state index contributed by atoms with van der Waals surface area (Å²) in [7, 11) is 1.95. The lowest BCUT2D eigenvalue weighted by molar-refractivity contribution is 0.174. The van der Waals surface area contributed by atoms with E-state index < -0.39 is 0 Å². The third-order valence-corrected chi connectivity index (χ3v) is 4.99. The fraction of sp³-hybridized carbons (Fsp3) is 0.333. The number of ether oxygens (including phenoxy) is 2. The van der Waals surface area contributed by atoms with Gasteiger partial charge in [0.1, 0.15) is 5.01 Å². The molecule has 0 aliphatic carbocycles. The Morgan fingerprint density at radius 3 is 3.08 bits per heavy atom. The Morgan fingerprint density at radius 1 is 1.28 bits per heavy atom. The quantitative estimate of drug-likeness (QED) is 0.660. The topological polar surface area (TPSA) is 61.2 Å². The summed E-state index contributed by atoms with van der Waals surface area (Å²) >= 11 is 1.65. The van der Waals surface area contributed by atoms with Crippen LogP contribution in [-0.2, 0) is 20.0 Å². The summed E-state index contributed by atoms with van der Waals surface area (Å²) in [4.78, 5) is 4.71. The van der Waals surface area contributed by atoms with Crippen LogP contribution in [-0.4, -0.2) is 28.1 Å². The number of nitrogens with zero attached hydrogens (tertiary/aromatic N) is 3. The SMILES string of the molecule is Cn1cc(CCCNCc2csc(-c3ccc4c(c3)OCO4)n2)cn1. The standard InChI is InChI=1S/C18H20N4O2S/c1-22-10-13(8-20-22)3-2-6-19-9-15-11-25-18(21-15)14-4-5-16-17(7-14)24-12-23-16/h4-5,7-8,10-11,19H,2-3,6,9,12H2,1H3. The van der Waals surface area contributed by atoms with Crippen molar-refractivity contribution in [2.45, 2.75) is 19.4 Å². The maximum atomic E-state index is 5.43. The van der Waals surface area contributed by atoms with Crippen LogP contribution in [0.5, 0.6) is 11.5 Å². The molecule has 3 heterocycles. The van der Waals surface area contributed by atoms with E-state index in [0.717, 1.165) is 53.7 Å². The first-order valence-corrected chi connectivity index (χ1v) is 9.18. The lowest BCUT2D eigenvalue weighted by Gasteiger charge is -2.02. The maximum absolute atomic E-state index is 5.43. The van der Waals surface area contributed by atoms with Crippen molar-refractivity contribution in [1.82, 2.24) is 20.1 Å².